The molecule has 15 nitrogen and oxygen atoms in total. The lowest BCUT2D eigenvalue weighted by molar-refractivity contribution is -0.136. The highest BCUT2D eigenvalue weighted by Crippen LogP contribution is 2.13. The van der Waals surface area contributed by atoms with E-state index in [0.717, 1.165) is 24.5 Å². The molecule has 3 heterocycles. The number of rotatable bonds is 11. The van der Waals surface area contributed by atoms with Crippen LogP contribution in [0.5, 0.6) is 0 Å². The van der Waals surface area contributed by atoms with Gasteiger partial charge in [-0.3, -0.25) is 29.2 Å². The van der Waals surface area contributed by atoms with Crippen molar-refractivity contribution < 1.29 is 39.1 Å². The van der Waals surface area contributed by atoms with Crippen molar-refractivity contribution in [2.75, 3.05) is 37.8 Å². The molecule has 0 unspecified atom stereocenters. The molecule has 0 spiro atoms. The lowest BCUT2D eigenvalue weighted by Gasteiger charge is -2.27. The summed E-state index contributed by atoms with van der Waals surface area (Å²) >= 11 is 5.73. The van der Waals surface area contributed by atoms with Crippen LogP contribution in [0.4, 0.5) is 5.82 Å². The second-order valence-electron chi connectivity index (χ2n) is 13.8. The van der Waals surface area contributed by atoms with Gasteiger partial charge < -0.3 is 25.4 Å². The van der Waals surface area contributed by atoms with E-state index < -0.39 is 35.9 Å². The lowest BCUT2D eigenvalue weighted by atomic mass is 10.0. The number of ether oxygens (including phenoxy) is 1. The average Bonchev–Trinajstić information content (AvgIpc) is 3.30. The molecule has 4 amide bonds. The number of hydrogen-bond donors (Lipinski definition) is 6. The number of benzene rings is 2. The molecule has 2 aromatic carbocycles. The van der Waals surface area contributed by atoms with Crippen LogP contribution in [0.15, 0.2) is 85.2 Å². The van der Waals surface area contributed by atoms with E-state index in [-0.39, 0.29) is 17.4 Å². The molecule has 1 saturated heterocycles. The number of pyridine rings is 2. The van der Waals surface area contributed by atoms with Crippen molar-refractivity contribution in [1.82, 2.24) is 31.6 Å². The quantitative estimate of drug-likeness (QED) is 0.0559. The number of hydroxylamine groups is 2. The zero-order valence-corrected chi connectivity index (χ0v) is 35.7. The van der Waals surface area contributed by atoms with Gasteiger partial charge in [-0.1, -0.05) is 49.1 Å². The van der Waals surface area contributed by atoms with E-state index in [4.69, 9.17) is 26.4 Å². The van der Waals surface area contributed by atoms with E-state index >= 15 is 0 Å². The number of carbonyl (C=O) groups excluding carboxylic acids is 4. The molecule has 0 bridgehead atoms. The number of anilines is 1. The lowest BCUT2D eigenvalue weighted by Crippen LogP contribution is -2.51. The first-order valence-electron chi connectivity index (χ1n) is 19.7. The van der Waals surface area contributed by atoms with Gasteiger partial charge in [0, 0.05) is 58.9 Å². The van der Waals surface area contributed by atoms with E-state index in [1.807, 2.05) is 26.0 Å². The number of nitrogens with one attached hydrogen (secondary N) is 4. The molecule has 0 aliphatic carbocycles. The molecule has 1 aliphatic rings. The predicted molar refractivity (Wildman–Crippen MR) is 236 cm³/mol. The summed E-state index contributed by atoms with van der Waals surface area (Å²) in [5, 5.41) is 23.8. The van der Waals surface area contributed by atoms with Gasteiger partial charge in [-0.2, -0.15) is 0 Å². The van der Waals surface area contributed by atoms with Crippen LogP contribution in [-0.2, 0) is 19.2 Å². The fraction of sp³-hybridized carbons (Fsp3) is 0.277. The Morgan fingerprint density at radius 1 is 0.714 bits per heavy atom. The number of aliphatic hydroxyl groups excluding tert-OH is 1. The summed E-state index contributed by atoms with van der Waals surface area (Å²) in [6.45, 7) is 10.2. The summed E-state index contributed by atoms with van der Waals surface area (Å²) in [7, 11) is 0. The molecule has 324 valence electrons. The molecule has 16 heteroatoms. The van der Waals surface area contributed by atoms with Crippen molar-refractivity contribution in [3.63, 3.8) is 0 Å². The number of aliphatic hydroxyl groups is 1. The van der Waals surface area contributed by atoms with Gasteiger partial charge in [0.05, 0.1) is 25.9 Å². The maximum atomic E-state index is 12.5. The van der Waals surface area contributed by atoms with Crippen LogP contribution in [0.25, 0.3) is 0 Å². The summed E-state index contributed by atoms with van der Waals surface area (Å²) in [5.74, 6) is 21.2. The smallest absolute Gasteiger partial charge is 0.268 e. The fourth-order valence-electron chi connectivity index (χ4n) is 5.38. The van der Waals surface area contributed by atoms with E-state index in [9.17, 15) is 24.3 Å². The minimum atomic E-state index is -1.28. The van der Waals surface area contributed by atoms with Gasteiger partial charge in [0.2, 0.25) is 0 Å². The number of amides is 4. The summed E-state index contributed by atoms with van der Waals surface area (Å²) in [6.07, 6.45) is 2.10. The Kier molecular flexibility index (Phi) is 19.6. The zero-order valence-electron chi connectivity index (χ0n) is 35.0. The van der Waals surface area contributed by atoms with Crippen LogP contribution in [0.2, 0.25) is 5.15 Å². The maximum Gasteiger partial charge on any atom is 0.268 e. The Bertz CT molecular complexity index is 2430. The molecule has 5 rings (SSSR count). The summed E-state index contributed by atoms with van der Waals surface area (Å²) in [5.41, 5.74) is 7.28. The van der Waals surface area contributed by atoms with Crippen LogP contribution in [0.1, 0.15) is 70.7 Å². The Morgan fingerprint density at radius 3 is 1.62 bits per heavy atom. The highest BCUT2D eigenvalue weighted by Gasteiger charge is 2.26. The number of hydrogen-bond acceptors (Lipinski definition) is 11. The van der Waals surface area contributed by atoms with Gasteiger partial charge in [0.15, 0.2) is 0 Å². The average molecular weight is 872 g/mol. The highest BCUT2D eigenvalue weighted by atomic mass is 35.5. The van der Waals surface area contributed by atoms with Crippen molar-refractivity contribution in [2.24, 2.45) is 5.92 Å². The Hall–Kier alpha value is -7.21. The zero-order chi connectivity index (χ0) is 45.6. The largest absolute Gasteiger partial charge is 0.391 e. The Morgan fingerprint density at radius 2 is 1.19 bits per heavy atom. The first-order valence-corrected chi connectivity index (χ1v) is 20.1. The Labute approximate surface area is 371 Å². The van der Waals surface area contributed by atoms with E-state index in [1.165, 1.54) is 24.5 Å². The number of nitrogens with zero attached hydrogens (tertiary/aromatic N) is 3. The monoisotopic (exact) mass is 871 g/mol. The van der Waals surface area contributed by atoms with E-state index in [0.29, 0.717) is 47.2 Å². The van der Waals surface area contributed by atoms with Gasteiger partial charge in [-0.15, -0.1) is 0 Å². The number of morpholine rings is 1. The molecule has 6 N–H and O–H groups in total. The molecule has 63 heavy (non-hydrogen) atoms. The molecule has 1 fully saturated rings. The molecular formula is C47H46ClN7O8. The highest BCUT2D eigenvalue weighted by molar-refractivity contribution is 6.29. The predicted octanol–water partition coefficient (Wildman–Crippen LogP) is 3.27. The molecule has 4 aromatic rings. The van der Waals surface area contributed by atoms with Crippen molar-refractivity contribution in [3.8, 4) is 47.4 Å². The van der Waals surface area contributed by atoms with Crippen molar-refractivity contribution in [1.29, 1.82) is 0 Å². The maximum absolute atomic E-state index is 12.5. The van der Waals surface area contributed by atoms with E-state index in [2.05, 4.69) is 78.3 Å². The summed E-state index contributed by atoms with van der Waals surface area (Å²) in [4.78, 5) is 63.9. The molecule has 1 aliphatic heterocycles. The first-order chi connectivity index (χ1) is 30.4. The third-order valence-electron chi connectivity index (χ3n) is 8.77. The second-order valence-corrected chi connectivity index (χ2v) is 14.2. The molecule has 3 atom stereocenters. The van der Waals surface area contributed by atoms with Crippen LogP contribution in [0, 0.1) is 53.3 Å². The van der Waals surface area contributed by atoms with Gasteiger partial charge in [-0.25, -0.2) is 20.9 Å². The number of halogens is 1. The van der Waals surface area contributed by atoms with Gasteiger partial charge in [-0.05, 0) is 116 Å². The van der Waals surface area contributed by atoms with Crippen molar-refractivity contribution in [3.05, 3.63) is 124 Å². The third kappa shape index (κ3) is 16.3. The van der Waals surface area contributed by atoms with E-state index in [1.54, 1.807) is 67.8 Å². The third-order valence-corrected chi connectivity index (χ3v) is 8.99. The van der Waals surface area contributed by atoms with Gasteiger partial charge >= 0.3 is 0 Å². The Balaban J connectivity index is 0.000000278. The van der Waals surface area contributed by atoms with Crippen molar-refractivity contribution in [2.45, 2.75) is 45.9 Å². The van der Waals surface area contributed by atoms with Crippen molar-refractivity contribution >= 4 is 41.0 Å². The van der Waals surface area contributed by atoms with Crippen LogP contribution in [-0.4, -0.2) is 95.0 Å². The second kappa shape index (κ2) is 25.5. The molecular weight excluding hydrogens is 826 g/mol. The molecule has 0 radical (unpaired) electrons. The molecule has 0 saturated carbocycles. The summed E-state index contributed by atoms with van der Waals surface area (Å²) < 4.78 is 5.34. The van der Waals surface area contributed by atoms with Gasteiger partial charge in [0.1, 0.15) is 23.1 Å². The minimum absolute atomic E-state index is 0.103. The number of aromatic nitrogens is 2. The van der Waals surface area contributed by atoms with Crippen LogP contribution >= 0.6 is 11.6 Å². The first kappa shape index (κ1) is 48.5. The van der Waals surface area contributed by atoms with Crippen LogP contribution in [0.3, 0.4) is 0 Å². The standard InChI is InChI=1S/C24H24N4O5.C23H22ClN3O3/c1-17(29)22(24(31)27-32)26-23(30)20-9-6-18(7-10-20)4-2-3-5-19-8-11-21(25-16-19)28-12-14-33-15-13-28;1-4-30-27-23(29)21(16(2)3)26-22(28)19-12-9-17(10-13-19)7-5-6-8-18-11-14-20(24)25-15-18/h6-11,16-17,22,29,32H,12-15H2,1H3,(H,26,30)(H,27,31);9-16,21H,4H2,1-3H3,(H,26,28)(H,27,29)/t17-,22+;21-/m10/s1. The summed E-state index contributed by atoms with van der Waals surface area (Å²) in [6, 6.07) is 18.4. The van der Waals surface area contributed by atoms with Gasteiger partial charge in [0.25, 0.3) is 23.6 Å². The normalized spacial score (nSPS) is 12.8. The fourth-order valence-corrected chi connectivity index (χ4v) is 5.49. The minimum Gasteiger partial charge on any atom is -0.391 e. The topological polar surface area (TPSA) is 204 Å². The van der Waals surface area contributed by atoms with Crippen LogP contribution < -0.4 is 26.5 Å². The SMILES string of the molecule is CCONC(=O)[C@@H](NC(=O)c1ccc(C#CC#Cc2ccc(Cl)nc2)cc1)C(C)C.C[C@@H](O)[C@H](NC(=O)c1ccc(C#CC#Cc2ccc(N3CCOCC3)nc2)cc1)C(=O)NO. The number of carbonyl (C=O) groups is 4. The molecule has 2 aromatic heterocycles.